The minimum absolute atomic E-state index is 0.0458. The van der Waals surface area contributed by atoms with Gasteiger partial charge in [-0.25, -0.2) is 0 Å². The summed E-state index contributed by atoms with van der Waals surface area (Å²) in [6.45, 7) is 0.397. The van der Waals surface area contributed by atoms with E-state index in [4.69, 9.17) is 22.0 Å². The Balaban J connectivity index is 2.38. The quantitative estimate of drug-likeness (QED) is 0.366. The summed E-state index contributed by atoms with van der Waals surface area (Å²) in [7, 11) is 0. The number of unbranched alkanes of at least 4 members (excludes halogenated alkanes) is 2. The largest absolute Gasteiger partial charge is 0.481 e. The average Bonchev–Trinajstić information content (AvgIpc) is 2.51. The Kier molecular flexibility index (Phi) is 8.25. The van der Waals surface area contributed by atoms with Crippen molar-refractivity contribution in [3.05, 3.63) is 41.1 Å². The Morgan fingerprint density at radius 2 is 2.09 bits per heavy atom. The zero-order valence-electron chi connectivity index (χ0n) is 12.5. The minimum Gasteiger partial charge on any atom is -0.481 e. The molecule has 23 heavy (non-hydrogen) atoms. The molecular weight excluding hydrogens is 318 g/mol. The van der Waals surface area contributed by atoms with Crippen molar-refractivity contribution >= 4 is 29.2 Å². The molecule has 1 aromatic rings. The summed E-state index contributed by atoms with van der Waals surface area (Å²) >= 11 is 5.84. The molecule has 122 valence electrons. The molecule has 0 aliphatic carbocycles. The van der Waals surface area contributed by atoms with Crippen LogP contribution in [0.15, 0.2) is 36.0 Å². The third-order valence-corrected chi connectivity index (χ3v) is 3.16. The van der Waals surface area contributed by atoms with Gasteiger partial charge in [-0.15, -0.1) is 0 Å². The first kappa shape index (κ1) is 18.5. The molecule has 0 saturated heterocycles. The lowest BCUT2D eigenvalue weighted by molar-refractivity contribution is -0.137. The summed E-state index contributed by atoms with van der Waals surface area (Å²) < 4.78 is 0. The fraction of sp³-hybridized carbons (Fsp3) is 0.312. The van der Waals surface area contributed by atoms with E-state index in [1.807, 2.05) is 6.07 Å². The third kappa shape index (κ3) is 7.88. The lowest BCUT2D eigenvalue weighted by Gasteiger charge is -2.05. The normalized spacial score (nSPS) is 10.7. The number of aliphatic carboxylic acids is 1. The summed E-state index contributed by atoms with van der Waals surface area (Å²) in [6.07, 6.45) is 3.40. The van der Waals surface area contributed by atoms with Crippen LogP contribution in [0.1, 0.15) is 25.7 Å². The monoisotopic (exact) mass is 335 g/mol. The molecule has 3 N–H and O–H groups in total. The van der Waals surface area contributed by atoms with Crippen molar-refractivity contribution < 1.29 is 14.7 Å². The van der Waals surface area contributed by atoms with Gasteiger partial charge in [0.25, 0.3) is 5.91 Å². The molecule has 0 radical (unpaired) electrons. The van der Waals surface area contributed by atoms with Crippen molar-refractivity contribution in [1.82, 2.24) is 5.32 Å². The predicted octanol–water partition coefficient (Wildman–Crippen LogP) is 2.92. The number of benzene rings is 1. The van der Waals surface area contributed by atoms with Crippen molar-refractivity contribution in [2.45, 2.75) is 25.7 Å². The van der Waals surface area contributed by atoms with Crippen LogP contribution < -0.4 is 10.6 Å². The summed E-state index contributed by atoms with van der Waals surface area (Å²) in [5, 5.41) is 23.5. The van der Waals surface area contributed by atoms with Crippen LogP contribution in [0.3, 0.4) is 0 Å². The highest BCUT2D eigenvalue weighted by Crippen LogP contribution is 2.15. The van der Waals surface area contributed by atoms with Gasteiger partial charge in [0.1, 0.15) is 11.6 Å². The van der Waals surface area contributed by atoms with E-state index >= 15 is 0 Å². The first-order chi connectivity index (χ1) is 11.0. The second-order valence-corrected chi connectivity index (χ2v) is 5.22. The number of carboxylic acid groups (broad SMARTS) is 1. The summed E-state index contributed by atoms with van der Waals surface area (Å²) in [5.41, 5.74) is 0.627. The molecule has 1 aromatic carbocycles. The standard InChI is InChI=1S/C16H18ClN3O3/c17-13-5-4-6-14(9-13)20-11-12(10-18)16(23)19-8-3-1-2-7-15(21)22/h4-6,9,11,20H,1-3,7-8H2,(H,19,23)(H,21,22)/b12-11-. The van der Waals surface area contributed by atoms with E-state index in [-0.39, 0.29) is 12.0 Å². The molecule has 0 heterocycles. The Labute approximate surface area is 139 Å². The maximum atomic E-state index is 11.8. The van der Waals surface area contributed by atoms with Crippen LogP contribution in [0.2, 0.25) is 5.02 Å². The number of carboxylic acids is 1. The fourth-order valence-electron chi connectivity index (χ4n) is 1.76. The Morgan fingerprint density at radius 3 is 2.74 bits per heavy atom. The van der Waals surface area contributed by atoms with Gasteiger partial charge in [0.2, 0.25) is 0 Å². The van der Waals surface area contributed by atoms with Gasteiger partial charge < -0.3 is 15.7 Å². The molecule has 0 spiro atoms. The van der Waals surface area contributed by atoms with Gasteiger partial charge in [-0.05, 0) is 31.0 Å². The lowest BCUT2D eigenvalue weighted by Crippen LogP contribution is -2.26. The van der Waals surface area contributed by atoms with Crippen molar-refractivity contribution in [2.24, 2.45) is 0 Å². The molecule has 0 unspecified atom stereocenters. The van der Waals surface area contributed by atoms with Crippen molar-refractivity contribution in [1.29, 1.82) is 5.26 Å². The van der Waals surface area contributed by atoms with Gasteiger partial charge in [-0.2, -0.15) is 5.26 Å². The second kappa shape index (κ2) is 10.2. The van der Waals surface area contributed by atoms with Gasteiger partial charge in [0.05, 0.1) is 0 Å². The van der Waals surface area contributed by atoms with Gasteiger partial charge in [-0.1, -0.05) is 24.1 Å². The van der Waals surface area contributed by atoms with Crippen molar-refractivity contribution in [3.63, 3.8) is 0 Å². The topological polar surface area (TPSA) is 102 Å². The predicted molar refractivity (Wildman–Crippen MR) is 87.9 cm³/mol. The highest BCUT2D eigenvalue weighted by atomic mass is 35.5. The van der Waals surface area contributed by atoms with E-state index in [2.05, 4.69) is 10.6 Å². The van der Waals surface area contributed by atoms with Crippen LogP contribution in [0.4, 0.5) is 5.69 Å². The molecule has 0 atom stereocenters. The molecule has 7 heteroatoms. The Bertz CT molecular complexity index is 623. The van der Waals surface area contributed by atoms with E-state index in [0.717, 1.165) is 0 Å². The molecule has 1 rings (SSSR count). The van der Waals surface area contributed by atoms with Crippen molar-refractivity contribution in [2.75, 3.05) is 11.9 Å². The molecule has 6 nitrogen and oxygen atoms in total. The zero-order valence-corrected chi connectivity index (χ0v) is 13.3. The van der Waals surface area contributed by atoms with Crippen molar-refractivity contribution in [3.8, 4) is 6.07 Å². The molecule has 0 aromatic heterocycles. The minimum atomic E-state index is -0.823. The number of nitriles is 1. The number of carbonyl (C=O) groups excluding carboxylic acids is 1. The molecule has 0 saturated carbocycles. The van der Waals surface area contributed by atoms with E-state index < -0.39 is 11.9 Å². The first-order valence-corrected chi connectivity index (χ1v) is 7.53. The van der Waals surface area contributed by atoms with Crippen LogP contribution in [-0.2, 0) is 9.59 Å². The summed E-state index contributed by atoms with van der Waals surface area (Å²) in [6, 6.07) is 8.74. The number of nitrogens with one attached hydrogen (secondary N) is 2. The number of nitrogens with zero attached hydrogens (tertiary/aromatic N) is 1. The number of halogens is 1. The maximum absolute atomic E-state index is 11.8. The fourth-order valence-corrected chi connectivity index (χ4v) is 1.95. The number of anilines is 1. The Hall–Kier alpha value is -2.52. The summed E-state index contributed by atoms with van der Waals surface area (Å²) in [5.74, 6) is -1.30. The van der Waals surface area contributed by atoms with E-state index in [9.17, 15) is 9.59 Å². The van der Waals surface area contributed by atoms with Gasteiger partial charge in [0.15, 0.2) is 0 Å². The van der Waals surface area contributed by atoms with Crippen LogP contribution in [-0.4, -0.2) is 23.5 Å². The zero-order chi connectivity index (χ0) is 17.1. The highest BCUT2D eigenvalue weighted by Gasteiger charge is 2.08. The molecule has 0 aliphatic rings. The second-order valence-electron chi connectivity index (χ2n) is 4.78. The van der Waals surface area contributed by atoms with E-state index in [1.165, 1.54) is 6.20 Å². The molecule has 0 aliphatic heterocycles. The molecule has 0 fully saturated rings. The van der Waals surface area contributed by atoms with Gasteiger partial charge in [0, 0.05) is 29.9 Å². The lowest BCUT2D eigenvalue weighted by atomic mass is 10.2. The van der Waals surface area contributed by atoms with Crippen LogP contribution in [0.5, 0.6) is 0 Å². The van der Waals surface area contributed by atoms with Crippen LogP contribution >= 0.6 is 11.6 Å². The number of amides is 1. The number of hydrogen-bond acceptors (Lipinski definition) is 4. The molecular formula is C16H18ClN3O3. The SMILES string of the molecule is N#C/C(=C/Nc1cccc(Cl)c1)C(=O)NCCCCCC(=O)O. The van der Waals surface area contributed by atoms with E-state index in [0.29, 0.717) is 36.5 Å². The van der Waals surface area contributed by atoms with Crippen LogP contribution in [0, 0.1) is 11.3 Å². The number of carbonyl (C=O) groups is 2. The Morgan fingerprint density at radius 1 is 1.30 bits per heavy atom. The maximum Gasteiger partial charge on any atom is 0.303 e. The number of hydrogen-bond donors (Lipinski definition) is 3. The average molecular weight is 336 g/mol. The van der Waals surface area contributed by atoms with Gasteiger partial charge in [-0.3, -0.25) is 9.59 Å². The van der Waals surface area contributed by atoms with E-state index in [1.54, 1.807) is 24.3 Å². The smallest absolute Gasteiger partial charge is 0.303 e. The number of rotatable bonds is 9. The third-order valence-electron chi connectivity index (χ3n) is 2.93. The van der Waals surface area contributed by atoms with Crippen LogP contribution in [0.25, 0.3) is 0 Å². The molecule has 0 bridgehead atoms. The summed E-state index contributed by atoms with van der Waals surface area (Å²) in [4.78, 5) is 22.2. The van der Waals surface area contributed by atoms with Gasteiger partial charge >= 0.3 is 5.97 Å². The first-order valence-electron chi connectivity index (χ1n) is 7.15. The molecule has 1 amide bonds. The highest BCUT2D eigenvalue weighted by molar-refractivity contribution is 6.30.